The SMILES string of the molecule is CN1CCN(C(=O)C2CCCN(S(=O)(=O)Cc3ccc(Cl)cc3Cl)C2)CC1. The molecule has 0 bridgehead atoms. The van der Waals surface area contributed by atoms with Crippen LogP contribution in [0.15, 0.2) is 18.2 Å². The molecular formula is C18H25Cl2N3O3S. The van der Waals surface area contributed by atoms with E-state index < -0.39 is 10.0 Å². The highest BCUT2D eigenvalue weighted by Gasteiger charge is 2.35. The van der Waals surface area contributed by atoms with Gasteiger partial charge < -0.3 is 9.80 Å². The molecule has 1 unspecified atom stereocenters. The Morgan fingerprint density at radius 3 is 2.52 bits per heavy atom. The number of benzene rings is 1. The standard InChI is InChI=1S/C18H25Cl2N3O3S/c1-21-7-9-22(10-8-21)18(24)14-3-2-6-23(12-14)27(25,26)13-15-4-5-16(19)11-17(15)20/h4-5,11,14H,2-3,6-10,12-13H2,1H3. The lowest BCUT2D eigenvalue weighted by Crippen LogP contribution is -2.52. The quantitative estimate of drug-likeness (QED) is 0.730. The minimum absolute atomic E-state index is 0.0764. The van der Waals surface area contributed by atoms with Crippen LogP contribution in [-0.2, 0) is 20.6 Å². The first kappa shape index (κ1) is 20.9. The van der Waals surface area contributed by atoms with Crippen molar-refractivity contribution in [3.63, 3.8) is 0 Å². The van der Waals surface area contributed by atoms with E-state index in [-0.39, 0.29) is 24.1 Å². The second kappa shape index (κ2) is 8.66. The second-order valence-corrected chi connectivity index (χ2v) is 10.1. The van der Waals surface area contributed by atoms with E-state index in [9.17, 15) is 13.2 Å². The molecule has 1 atom stereocenters. The number of carbonyl (C=O) groups is 1. The fourth-order valence-corrected chi connectivity index (χ4v) is 5.80. The summed E-state index contributed by atoms with van der Waals surface area (Å²) < 4.78 is 27.2. The maximum atomic E-state index is 12.9. The number of sulfonamides is 1. The third-order valence-corrected chi connectivity index (χ3v) is 7.68. The molecule has 3 rings (SSSR count). The van der Waals surface area contributed by atoms with Crippen molar-refractivity contribution < 1.29 is 13.2 Å². The summed E-state index contributed by atoms with van der Waals surface area (Å²) in [4.78, 5) is 16.9. The van der Waals surface area contributed by atoms with Gasteiger partial charge in [0.15, 0.2) is 0 Å². The van der Waals surface area contributed by atoms with Gasteiger partial charge >= 0.3 is 0 Å². The van der Waals surface area contributed by atoms with Gasteiger partial charge in [-0.15, -0.1) is 0 Å². The van der Waals surface area contributed by atoms with Gasteiger partial charge in [0.25, 0.3) is 0 Å². The van der Waals surface area contributed by atoms with Crippen LogP contribution in [0, 0.1) is 5.92 Å². The molecule has 9 heteroatoms. The third-order valence-electron chi connectivity index (χ3n) is 5.29. The van der Waals surface area contributed by atoms with Gasteiger partial charge in [0.1, 0.15) is 0 Å². The largest absolute Gasteiger partial charge is 0.340 e. The van der Waals surface area contributed by atoms with Crippen molar-refractivity contribution in [1.29, 1.82) is 0 Å². The summed E-state index contributed by atoms with van der Waals surface area (Å²) in [7, 11) is -1.51. The van der Waals surface area contributed by atoms with Crippen LogP contribution in [-0.4, -0.2) is 74.7 Å². The van der Waals surface area contributed by atoms with Gasteiger partial charge in [-0.2, -0.15) is 0 Å². The monoisotopic (exact) mass is 433 g/mol. The molecule has 1 aromatic carbocycles. The van der Waals surface area contributed by atoms with Gasteiger partial charge in [0.2, 0.25) is 15.9 Å². The Balaban J connectivity index is 1.66. The van der Waals surface area contributed by atoms with Gasteiger partial charge in [-0.3, -0.25) is 4.79 Å². The first-order valence-corrected chi connectivity index (χ1v) is 11.5. The third kappa shape index (κ3) is 5.15. The fraction of sp³-hybridized carbons (Fsp3) is 0.611. The molecule has 150 valence electrons. The number of amides is 1. The Labute approximate surface area is 171 Å². The van der Waals surface area contributed by atoms with Crippen LogP contribution in [0.25, 0.3) is 0 Å². The van der Waals surface area contributed by atoms with Crippen LogP contribution in [0.5, 0.6) is 0 Å². The fourth-order valence-electron chi connectivity index (χ4n) is 3.61. The van der Waals surface area contributed by atoms with E-state index in [0.29, 0.717) is 41.7 Å². The molecule has 27 heavy (non-hydrogen) atoms. The second-order valence-electron chi connectivity index (χ2n) is 7.32. The van der Waals surface area contributed by atoms with Crippen LogP contribution in [0.3, 0.4) is 0 Å². The van der Waals surface area contributed by atoms with E-state index in [1.807, 2.05) is 11.9 Å². The van der Waals surface area contributed by atoms with Crippen molar-refractivity contribution in [3.8, 4) is 0 Å². The predicted molar refractivity (Wildman–Crippen MR) is 107 cm³/mol. The predicted octanol–water partition coefficient (Wildman–Crippen LogP) is 2.31. The summed E-state index contributed by atoms with van der Waals surface area (Å²) in [5.74, 6) is -0.372. The van der Waals surface area contributed by atoms with E-state index in [4.69, 9.17) is 23.2 Å². The Hall–Kier alpha value is -0.860. The smallest absolute Gasteiger partial charge is 0.227 e. The number of piperazine rings is 1. The number of hydrogen-bond donors (Lipinski definition) is 0. The highest BCUT2D eigenvalue weighted by Crippen LogP contribution is 2.27. The van der Waals surface area contributed by atoms with E-state index in [1.54, 1.807) is 18.2 Å². The lowest BCUT2D eigenvalue weighted by atomic mass is 9.98. The summed E-state index contributed by atoms with van der Waals surface area (Å²) in [5.41, 5.74) is 0.522. The summed E-state index contributed by atoms with van der Waals surface area (Å²) in [6, 6.07) is 4.82. The van der Waals surface area contributed by atoms with Gasteiger partial charge in [0, 0.05) is 49.3 Å². The molecule has 6 nitrogen and oxygen atoms in total. The van der Waals surface area contributed by atoms with E-state index in [0.717, 1.165) is 19.5 Å². The first-order valence-electron chi connectivity index (χ1n) is 9.15. The number of halogens is 2. The van der Waals surface area contributed by atoms with Crippen molar-refractivity contribution in [2.75, 3.05) is 46.3 Å². The molecule has 0 radical (unpaired) electrons. The average Bonchev–Trinajstić information content (AvgIpc) is 2.64. The van der Waals surface area contributed by atoms with Crippen molar-refractivity contribution in [3.05, 3.63) is 33.8 Å². The molecule has 2 aliphatic heterocycles. The normalized spacial score (nSPS) is 22.8. The molecule has 0 saturated carbocycles. The zero-order chi connectivity index (χ0) is 19.6. The highest BCUT2D eigenvalue weighted by molar-refractivity contribution is 7.88. The minimum Gasteiger partial charge on any atom is -0.340 e. The lowest BCUT2D eigenvalue weighted by Gasteiger charge is -2.37. The van der Waals surface area contributed by atoms with Gasteiger partial charge in [-0.05, 0) is 37.6 Å². The zero-order valence-corrected chi connectivity index (χ0v) is 17.7. The number of rotatable bonds is 4. The molecule has 0 N–H and O–H groups in total. The van der Waals surface area contributed by atoms with Crippen LogP contribution in [0.1, 0.15) is 18.4 Å². The van der Waals surface area contributed by atoms with Gasteiger partial charge in [-0.1, -0.05) is 29.3 Å². The summed E-state index contributed by atoms with van der Waals surface area (Å²) in [6.45, 7) is 3.82. The van der Waals surface area contributed by atoms with Crippen molar-refractivity contribution in [2.24, 2.45) is 5.92 Å². The van der Waals surface area contributed by atoms with Crippen molar-refractivity contribution in [2.45, 2.75) is 18.6 Å². The molecule has 2 heterocycles. The molecule has 2 saturated heterocycles. The summed E-state index contributed by atoms with van der Waals surface area (Å²) in [5, 5.41) is 0.810. The van der Waals surface area contributed by atoms with E-state index in [1.165, 1.54) is 4.31 Å². The van der Waals surface area contributed by atoms with Gasteiger partial charge in [-0.25, -0.2) is 12.7 Å². The Kier molecular flexibility index (Phi) is 6.69. The van der Waals surface area contributed by atoms with Gasteiger partial charge in [0.05, 0.1) is 11.7 Å². The van der Waals surface area contributed by atoms with Crippen LogP contribution >= 0.6 is 23.2 Å². The summed E-state index contributed by atoms with van der Waals surface area (Å²) in [6.07, 6.45) is 1.43. The van der Waals surface area contributed by atoms with E-state index >= 15 is 0 Å². The molecule has 1 aromatic rings. The maximum Gasteiger partial charge on any atom is 0.227 e. The number of likely N-dealkylation sites (N-methyl/N-ethyl adjacent to an activating group) is 1. The van der Waals surface area contributed by atoms with E-state index in [2.05, 4.69) is 4.90 Å². The Morgan fingerprint density at radius 1 is 1.15 bits per heavy atom. The molecule has 2 aliphatic rings. The van der Waals surface area contributed by atoms with Crippen molar-refractivity contribution >= 4 is 39.1 Å². The summed E-state index contributed by atoms with van der Waals surface area (Å²) >= 11 is 12.0. The first-order chi connectivity index (χ1) is 12.8. The minimum atomic E-state index is -3.55. The average molecular weight is 434 g/mol. The van der Waals surface area contributed by atoms with Crippen LogP contribution in [0.4, 0.5) is 0 Å². The Bertz CT molecular complexity index is 795. The molecule has 1 amide bonds. The molecule has 0 aliphatic carbocycles. The molecule has 0 aromatic heterocycles. The maximum absolute atomic E-state index is 12.9. The molecular weight excluding hydrogens is 409 g/mol. The topological polar surface area (TPSA) is 60.9 Å². The molecule has 0 spiro atoms. The zero-order valence-electron chi connectivity index (χ0n) is 15.4. The Morgan fingerprint density at radius 2 is 1.85 bits per heavy atom. The number of hydrogen-bond acceptors (Lipinski definition) is 4. The van der Waals surface area contributed by atoms with Crippen molar-refractivity contribution in [1.82, 2.24) is 14.1 Å². The van der Waals surface area contributed by atoms with Crippen LogP contribution < -0.4 is 0 Å². The van der Waals surface area contributed by atoms with Crippen LogP contribution in [0.2, 0.25) is 10.0 Å². The number of nitrogens with zero attached hydrogens (tertiary/aromatic N) is 3. The highest BCUT2D eigenvalue weighted by atomic mass is 35.5. The number of piperidine rings is 1. The lowest BCUT2D eigenvalue weighted by molar-refractivity contribution is -0.138. The number of carbonyl (C=O) groups excluding carboxylic acids is 1. The molecule has 2 fully saturated rings.